The fraction of sp³-hybridized carbons (Fsp3) is 0.364. The summed E-state index contributed by atoms with van der Waals surface area (Å²) in [5.74, 6) is -1.37. The molecular formula is C11H12FNO3. The lowest BCUT2D eigenvalue weighted by Crippen LogP contribution is -2.06. The summed E-state index contributed by atoms with van der Waals surface area (Å²) in [5.41, 5.74) is 5.16. The summed E-state index contributed by atoms with van der Waals surface area (Å²) in [6, 6.07) is 2.11. The normalized spacial score (nSPS) is 14.8. The minimum atomic E-state index is -1.19. The van der Waals surface area contributed by atoms with Gasteiger partial charge in [0.1, 0.15) is 0 Å². The van der Waals surface area contributed by atoms with Crippen LogP contribution in [0.1, 0.15) is 23.2 Å². The third kappa shape index (κ3) is 2.24. The molecule has 0 radical (unpaired) electrons. The average molecular weight is 225 g/mol. The van der Waals surface area contributed by atoms with E-state index >= 15 is 0 Å². The Labute approximate surface area is 91.8 Å². The van der Waals surface area contributed by atoms with Crippen molar-refractivity contribution in [3.63, 3.8) is 0 Å². The van der Waals surface area contributed by atoms with Crippen molar-refractivity contribution in [2.75, 3.05) is 12.3 Å². The first-order chi connectivity index (χ1) is 7.58. The molecule has 0 aromatic heterocycles. The highest BCUT2D eigenvalue weighted by Gasteiger charge is 2.23. The molecule has 0 heterocycles. The molecule has 5 heteroatoms. The molecule has 86 valence electrons. The molecule has 0 aliphatic heterocycles. The molecule has 2 rings (SSSR count). The lowest BCUT2D eigenvalue weighted by molar-refractivity contribution is 0.0697. The number of nitrogen functional groups attached to an aromatic ring is 1. The van der Waals surface area contributed by atoms with Gasteiger partial charge in [-0.25, -0.2) is 9.18 Å². The van der Waals surface area contributed by atoms with E-state index in [0.29, 0.717) is 12.5 Å². The van der Waals surface area contributed by atoms with E-state index in [0.717, 1.165) is 25.0 Å². The standard InChI is InChI=1S/C11H12FNO3/c12-8-4-9(13)7(11(14)15)3-10(8)16-5-6-1-2-6/h3-4,6H,1-2,5,13H2,(H,14,15). The maximum Gasteiger partial charge on any atom is 0.337 e. The van der Waals surface area contributed by atoms with Crippen LogP contribution in [-0.4, -0.2) is 17.7 Å². The second-order valence-electron chi connectivity index (χ2n) is 3.93. The minimum Gasteiger partial charge on any atom is -0.490 e. The predicted octanol–water partition coefficient (Wildman–Crippen LogP) is 1.89. The topological polar surface area (TPSA) is 72.5 Å². The highest BCUT2D eigenvalue weighted by molar-refractivity contribution is 5.94. The van der Waals surface area contributed by atoms with Crippen molar-refractivity contribution in [3.8, 4) is 5.75 Å². The van der Waals surface area contributed by atoms with Gasteiger partial charge < -0.3 is 15.6 Å². The second kappa shape index (κ2) is 4.00. The van der Waals surface area contributed by atoms with Gasteiger partial charge in [0.2, 0.25) is 0 Å². The summed E-state index contributed by atoms with van der Waals surface area (Å²) in [7, 11) is 0. The molecule has 1 aliphatic carbocycles. The van der Waals surface area contributed by atoms with Gasteiger partial charge in [-0.05, 0) is 24.8 Å². The third-order valence-corrected chi connectivity index (χ3v) is 2.51. The van der Waals surface area contributed by atoms with E-state index < -0.39 is 11.8 Å². The van der Waals surface area contributed by atoms with Gasteiger partial charge >= 0.3 is 5.97 Å². The van der Waals surface area contributed by atoms with Crippen LogP contribution in [0.5, 0.6) is 5.75 Å². The Morgan fingerprint density at radius 1 is 1.56 bits per heavy atom. The fourth-order valence-electron chi connectivity index (χ4n) is 1.36. The van der Waals surface area contributed by atoms with Crippen molar-refractivity contribution >= 4 is 11.7 Å². The molecule has 0 atom stereocenters. The van der Waals surface area contributed by atoms with Gasteiger partial charge in [-0.2, -0.15) is 0 Å². The van der Waals surface area contributed by atoms with Crippen LogP contribution in [0.15, 0.2) is 12.1 Å². The Morgan fingerprint density at radius 2 is 2.25 bits per heavy atom. The van der Waals surface area contributed by atoms with E-state index in [2.05, 4.69) is 0 Å². The summed E-state index contributed by atoms with van der Waals surface area (Å²) in [6.07, 6.45) is 2.17. The number of nitrogens with two attached hydrogens (primary N) is 1. The number of hydrogen-bond donors (Lipinski definition) is 2. The largest absolute Gasteiger partial charge is 0.490 e. The molecule has 3 N–H and O–H groups in total. The number of anilines is 1. The lowest BCUT2D eigenvalue weighted by Gasteiger charge is -2.09. The Morgan fingerprint density at radius 3 is 2.81 bits per heavy atom. The van der Waals surface area contributed by atoms with Crippen LogP contribution in [0.4, 0.5) is 10.1 Å². The lowest BCUT2D eigenvalue weighted by atomic mass is 10.1. The molecule has 1 aromatic rings. The number of carboxylic acids is 1. The maximum absolute atomic E-state index is 13.4. The second-order valence-corrected chi connectivity index (χ2v) is 3.93. The number of aromatic carboxylic acids is 1. The van der Waals surface area contributed by atoms with Gasteiger partial charge in [-0.15, -0.1) is 0 Å². The number of carbonyl (C=O) groups is 1. The molecule has 0 saturated heterocycles. The van der Waals surface area contributed by atoms with Gasteiger partial charge in [0.25, 0.3) is 0 Å². The predicted molar refractivity (Wildman–Crippen MR) is 56.0 cm³/mol. The zero-order valence-corrected chi connectivity index (χ0v) is 8.57. The van der Waals surface area contributed by atoms with Crippen molar-refractivity contribution in [3.05, 3.63) is 23.5 Å². The molecule has 1 aromatic carbocycles. The van der Waals surface area contributed by atoms with Crippen LogP contribution in [0.25, 0.3) is 0 Å². The minimum absolute atomic E-state index is 0.0431. The number of halogens is 1. The molecule has 4 nitrogen and oxygen atoms in total. The summed E-state index contributed by atoms with van der Waals surface area (Å²) in [4.78, 5) is 10.8. The smallest absolute Gasteiger partial charge is 0.337 e. The molecule has 0 spiro atoms. The molecule has 0 amide bonds. The van der Waals surface area contributed by atoms with Gasteiger partial charge in [0, 0.05) is 11.8 Å². The molecule has 1 saturated carbocycles. The van der Waals surface area contributed by atoms with Crippen molar-refractivity contribution in [1.82, 2.24) is 0 Å². The number of ether oxygens (including phenoxy) is 1. The Kier molecular flexibility index (Phi) is 2.68. The first-order valence-electron chi connectivity index (χ1n) is 5.03. The van der Waals surface area contributed by atoms with E-state index in [4.69, 9.17) is 15.6 Å². The van der Waals surface area contributed by atoms with Gasteiger partial charge in [-0.1, -0.05) is 0 Å². The van der Waals surface area contributed by atoms with E-state index in [1.54, 1.807) is 0 Å². The summed E-state index contributed by atoms with van der Waals surface area (Å²) in [6.45, 7) is 0.430. The molecule has 0 bridgehead atoms. The van der Waals surface area contributed by atoms with Crippen LogP contribution < -0.4 is 10.5 Å². The van der Waals surface area contributed by atoms with Crippen LogP contribution >= 0.6 is 0 Å². The summed E-state index contributed by atoms with van der Waals surface area (Å²) < 4.78 is 18.6. The van der Waals surface area contributed by atoms with Crippen molar-refractivity contribution in [2.24, 2.45) is 5.92 Å². The SMILES string of the molecule is Nc1cc(F)c(OCC2CC2)cc1C(=O)O. The summed E-state index contributed by atoms with van der Waals surface area (Å²) in [5, 5.41) is 8.81. The first kappa shape index (κ1) is 10.7. The third-order valence-electron chi connectivity index (χ3n) is 2.51. The van der Waals surface area contributed by atoms with Gasteiger partial charge in [0.05, 0.1) is 12.2 Å². The van der Waals surface area contributed by atoms with Crippen molar-refractivity contribution in [1.29, 1.82) is 0 Å². The molecule has 0 unspecified atom stereocenters. The maximum atomic E-state index is 13.4. The summed E-state index contributed by atoms with van der Waals surface area (Å²) >= 11 is 0. The van der Waals surface area contributed by atoms with Crippen LogP contribution in [0, 0.1) is 11.7 Å². The number of carboxylic acid groups (broad SMARTS) is 1. The van der Waals surface area contributed by atoms with Gasteiger partial charge in [0.15, 0.2) is 11.6 Å². The Bertz CT molecular complexity index is 429. The zero-order chi connectivity index (χ0) is 11.7. The Hall–Kier alpha value is -1.78. The van der Waals surface area contributed by atoms with E-state index in [9.17, 15) is 9.18 Å². The number of hydrogen-bond acceptors (Lipinski definition) is 3. The van der Waals surface area contributed by atoms with Crippen molar-refractivity contribution < 1.29 is 19.0 Å². The fourth-order valence-corrected chi connectivity index (χ4v) is 1.36. The molecular weight excluding hydrogens is 213 g/mol. The van der Waals surface area contributed by atoms with Crippen molar-refractivity contribution in [2.45, 2.75) is 12.8 Å². The zero-order valence-electron chi connectivity index (χ0n) is 8.57. The van der Waals surface area contributed by atoms with E-state index in [-0.39, 0.29) is 17.0 Å². The highest BCUT2D eigenvalue weighted by Crippen LogP contribution is 2.31. The number of rotatable bonds is 4. The van der Waals surface area contributed by atoms with E-state index in [1.165, 1.54) is 0 Å². The molecule has 16 heavy (non-hydrogen) atoms. The first-order valence-corrected chi connectivity index (χ1v) is 5.03. The van der Waals surface area contributed by atoms with Crippen LogP contribution in [0.2, 0.25) is 0 Å². The molecule has 1 aliphatic rings. The quantitative estimate of drug-likeness (QED) is 0.767. The Balaban J connectivity index is 2.21. The highest BCUT2D eigenvalue weighted by atomic mass is 19.1. The monoisotopic (exact) mass is 225 g/mol. The van der Waals surface area contributed by atoms with Crippen LogP contribution in [-0.2, 0) is 0 Å². The van der Waals surface area contributed by atoms with Gasteiger partial charge in [-0.3, -0.25) is 0 Å². The average Bonchev–Trinajstić information content (AvgIpc) is 2.99. The van der Waals surface area contributed by atoms with E-state index in [1.807, 2.05) is 0 Å². The number of benzene rings is 1. The van der Waals surface area contributed by atoms with Crippen LogP contribution in [0.3, 0.4) is 0 Å². The molecule has 1 fully saturated rings.